The smallest absolute Gasteiger partial charge is 0.353 e. The summed E-state index contributed by atoms with van der Waals surface area (Å²) in [6.07, 6.45) is 10.8. The summed E-state index contributed by atoms with van der Waals surface area (Å²) in [4.78, 5) is 12.6. The van der Waals surface area contributed by atoms with E-state index in [1.807, 2.05) is 23.6 Å². The molecule has 0 unspecified atom stereocenters. The molecule has 0 amide bonds. The minimum Gasteiger partial charge on any atom is -0.422 e. The van der Waals surface area contributed by atoms with E-state index in [0.29, 0.717) is 16.5 Å². The molecular formula is C22H28O2S. The molecule has 3 rings (SSSR count). The largest absolute Gasteiger partial charge is 0.422 e. The minimum absolute atomic E-state index is 0.268. The van der Waals surface area contributed by atoms with Crippen molar-refractivity contribution in [3.63, 3.8) is 0 Å². The summed E-state index contributed by atoms with van der Waals surface area (Å²) < 4.78 is 5.44. The highest BCUT2D eigenvalue weighted by atomic mass is 32.1. The van der Waals surface area contributed by atoms with Gasteiger partial charge in [0.1, 0.15) is 10.6 Å². The van der Waals surface area contributed by atoms with Crippen LogP contribution in [0.3, 0.4) is 0 Å². The van der Waals surface area contributed by atoms with E-state index in [0.717, 1.165) is 5.92 Å². The van der Waals surface area contributed by atoms with E-state index in [1.165, 1.54) is 68.3 Å². The topological polar surface area (TPSA) is 26.3 Å². The summed E-state index contributed by atoms with van der Waals surface area (Å²) in [5, 5.41) is 1.89. The number of carbonyl (C=O) groups is 1. The third-order valence-electron chi connectivity index (χ3n) is 5.35. The van der Waals surface area contributed by atoms with Crippen LogP contribution in [0.25, 0.3) is 0 Å². The van der Waals surface area contributed by atoms with Crippen LogP contribution in [0.15, 0.2) is 41.8 Å². The molecule has 1 fully saturated rings. The highest BCUT2D eigenvalue weighted by Gasteiger charge is 2.22. The van der Waals surface area contributed by atoms with Crippen LogP contribution in [0.5, 0.6) is 5.75 Å². The Bertz CT molecular complexity index is 637. The second kappa shape index (κ2) is 9.19. The van der Waals surface area contributed by atoms with Gasteiger partial charge in [0.2, 0.25) is 0 Å². The first-order valence-corrected chi connectivity index (χ1v) is 10.5. The van der Waals surface area contributed by atoms with Gasteiger partial charge in [-0.05, 0) is 66.7 Å². The van der Waals surface area contributed by atoms with Crippen LogP contribution >= 0.6 is 11.3 Å². The maximum atomic E-state index is 12.0. The zero-order chi connectivity index (χ0) is 17.5. The third-order valence-corrected chi connectivity index (χ3v) is 6.20. The van der Waals surface area contributed by atoms with Crippen LogP contribution in [0.4, 0.5) is 0 Å². The van der Waals surface area contributed by atoms with E-state index in [2.05, 4.69) is 19.1 Å². The molecule has 1 aliphatic rings. The number of esters is 1. The van der Waals surface area contributed by atoms with Gasteiger partial charge in [-0.1, -0.05) is 50.8 Å². The van der Waals surface area contributed by atoms with Gasteiger partial charge in [-0.3, -0.25) is 0 Å². The lowest BCUT2D eigenvalue weighted by molar-refractivity contribution is 0.0740. The summed E-state index contributed by atoms with van der Waals surface area (Å²) in [6.45, 7) is 2.28. The second-order valence-electron chi connectivity index (χ2n) is 7.15. The average Bonchev–Trinajstić information content (AvgIpc) is 3.18. The van der Waals surface area contributed by atoms with Crippen molar-refractivity contribution in [3.8, 4) is 5.75 Å². The molecule has 0 radical (unpaired) electrons. The predicted octanol–water partition coefficient (Wildman–Crippen LogP) is 6.82. The van der Waals surface area contributed by atoms with Crippen LogP contribution in [0, 0.1) is 5.92 Å². The monoisotopic (exact) mass is 356 g/mol. The van der Waals surface area contributed by atoms with Crippen molar-refractivity contribution in [2.24, 2.45) is 5.92 Å². The number of hydrogen-bond acceptors (Lipinski definition) is 3. The highest BCUT2D eigenvalue weighted by Crippen LogP contribution is 2.38. The van der Waals surface area contributed by atoms with Crippen LogP contribution < -0.4 is 4.74 Å². The molecular weight excluding hydrogens is 328 g/mol. The predicted molar refractivity (Wildman–Crippen MR) is 105 cm³/mol. The third kappa shape index (κ3) is 5.18. The van der Waals surface area contributed by atoms with Gasteiger partial charge in [0.15, 0.2) is 0 Å². The Morgan fingerprint density at radius 1 is 1.08 bits per heavy atom. The molecule has 25 heavy (non-hydrogen) atoms. The molecule has 0 saturated heterocycles. The van der Waals surface area contributed by atoms with Crippen molar-refractivity contribution in [1.29, 1.82) is 0 Å². The molecule has 1 aromatic heterocycles. The van der Waals surface area contributed by atoms with Crippen molar-refractivity contribution < 1.29 is 9.53 Å². The second-order valence-corrected chi connectivity index (χ2v) is 8.10. The number of rotatable bonds is 7. The maximum absolute atomic E-state index is 12.0. The number of carbonyl (C=O) groups excluding carboxylic acids is 1. The fraction of sp³-hybridized carbons (Fsp3) is 0.500. The molecule has 2 nitrogen and oxygen atoms in total. The van der Waals surface area contributed by atoms with Gasteiger partial charge < -0.3 is 4.74 Å². The van der Waals surface area contributed by atoms with E-state index in [-0.39, 0.29) is 5.97 Å². The van der Waals surface area contributed by atoms with E-state index in [1.54, 1.807) is 6.07 Å². The first-order chi connectivity index (χ1) is 12.3. The summed E-state index contributed by atoms with van der Waals surface area (Å²) in [7, 11) is 0. The van der Waals surface area contributed by atoms with E-state index in [4.69, 9.17) is 4.74 Å². The van der Waals surface area contributed by atoms with Gasteiger partial charge in [-0.25, -0.2) is 4.79 Å². The molecule has 1 aromatic carbocycles. The molecule has 1 aliphatic carbocycles. The lowest BCUT2D eigenvalue weighted by Gasteiger charge is -2.29. The van der Waals surface area contributed by atoms with E-state index >= 15 is 0 Å². The summed E-state index contributed by atoms with van der Waals surface area (Å²) in [6, 6.07) is 11.8. The van der Waals surface area contributed by atoms with Crippen molar-refractivity contribution in [3.05, 3.63) is 52.2 Å². The van der Waals surface area contributed by atoms with E-state index < -0.39 is 0 Å². The van der Waals surface area contributed by atoms with Gasteiger partial charge in [-0.15, -0.1) is 11.3 Å². The first kappa shape index (κ1) is 18.2. The fourth-order valence-electron chi connectivity index (χ4n) is 3.83. The van der Waals surface area contributed by atoms with E-state index in [9.17, 15) is 4.79 Å². The molecule has 0 spiro atoms. The van der Waals surface area contributed by atoms with Gasteiger partial charge >= 0.3 is 5.97 Å². The Kier molecular flexibility index (Phi) is 6.69. The Morgan fingerprint density at radius 2 is 1.84 bits per heavy atom. The number of ether oxygens (including phenoxy) is 1. The lowest BCUT2D eigenvalue weighted by atomic mass is 9.77. The van der Waals surface area contributed by atoms with Crippen molar-refractivity contribution in [1.82, 2.24) is 0 Å². The van der Waals surface area contributed by atoms with Gasteiger partial charge in [-0.2, -0.15) is 0 Å². The highest BCUT2D eigenvalue weighted by molar-refractivity contribution is 7.12. The number of thiophene rings is 1. The zero-order valence-corrected chi connectivity index (χ0v) is 15.9. The van der Waals surface area contributed by atoms with Crippen LogP contribution in [-0.4, -0.2) is 5.97 Å². The first-order valence-electron chi connectivity index (χ1n) is 9.62. The van der Waals surface area contributed by atoms with Crippen LogP contribution in [-0.2, 0) is 0 Å². The Balaban J connectivity index is 1.49. The van der Waals surface area contributed by atoms with Gasteiger partial charge in [0.05, 0.1) is 0 Å². The summed E-state index contributed by atoms with van der Waals surface area (Å²) >= 11 is 1.41. The lowest BCUT2D eigenvalue weighted by Crippen LogP contribution is -2.13. The molecule has 0 aliphatic heterocycles. The summed E-state index contributed by atoms with van der Waals surface area (Å²) in [5.41, 5.74) is 1.39. The Labute approximate surface area is 155 Å². The molecule has 0 bridgehead atoms. The SMILES string of the molecule is CCCCCC1CCC(c2ccc(OC(=O)c3cccs3)cc2)CC1. The summed E-state index contributed by atoms with van der Waals surface area (Å²) in [5.74, 6) is 1.98. The van der Waals surface area contributed by atoms with Gasteiger partial charge in [0, 0.05) is 0 Å². The van der Waals surface area contributed by atoms with Crippen LogP contribution in [0.1, 0.15) is 79.4 Å². The Morgan fingerprint density at radius 3 is 2.48 bits per heavy atom. The number of benzene rings is 1. The Hall–Kier alpha value is -1.61. The molecule has 3 heteroatoms. The minimum atomic E-state index is -0.268. The van der Waals surface area contributed by atoms with Crippen molar-refractivity contribution in [2.75, 3.05) is 0 Å². The fourth-order valence-corrected chi connectivity index (χ4v) is 4.43. The number of unbranched alkanes of at least 4 members (excludes halogenated alkanes) is 2. The van der Waals surface area contributed by atoms with Crippen molar-refractivity contribution in [2.45, 2.75) is 64.2 Å². The number of hydrogen-bond donors (Lipinski definition) is 0. The molecule has 1 heterocycles. The molecule has 0 atom stereocenters. The standard InChI is InChI=1S/C22H28O2S/c1-2-3-4-6-17-8-10-18(11-9-17)19-12-14-20(15-13-19)24-22(23)21-7-5-16-25-21/h5,7,12-18H,2-4,6,8-11H2,1H3. The zero-order valence-electron chi connectivity index (χ0n) is 15.1. The van der Waals surface area contributed by atoms with Gasteiger partial charge in [0.25, 0.3) is 0 Å². The molecule has 134 valence electrons. The van der Waals surface area contributed by atoms with Crippen LogP contribution in [0.2, 0.25) is 0 Å². The molecule has 2 aromatic rings. The quantitative estimate of drug-likeness (QED) is 0.309. The molecule has 0 N–H and O–H groups in total. The van der Waals surface area contributed by atoms with Crippen molar-refractivity contribution >= 4 is 17.3 Å². The molecule has 1 saturated carbocycles. The normalized spacial score (nSPS) is 20.4. The maximum Gasteiger partial charge on any atom is 0.353 e. The average molecular weight is 357 g/mol.